The fourth-order valence-electron chi connectivity index (χ4n) is 1.49. The second-order valence-corrected chi connectivity index (χ2v) is 3.84. The van der Waals surface area contributed by atoms with Gasteiger partial charge in [-0.1, -0.05) is 12.1 Å². The number of hydrogen-bond acceptors (Lipinski definition) is 2. The largest absolute Gasteiger partial charge is 0.390 e. The summed E-state index contributed by atoms with van der Waals surface area (Å²) >= 11 is 0. The van der Waals surface area contributed by atoms with Gasteiger partial charge < -0.3 is 10.8 Å². The van der Waals surface area contributed by atoms with Crippen LogP contribution in [0.15, 0.2) is 24.3 Å². The Morgan fingerprint density at radius 3 is 2.79 bits per heavy atom. The molecule has 0 amide bonds. The van der Waals surface area contributed by atoms with Gasteiger partial charge in [-0.25, -0.2) is 4.39 Å². The van der Waals surface area contributed by atoms with Crippen LogP contribution in [0.2, 0.25) is 0 Å². The maximum atomic E-state index is 12.8. The summed E-state index contributed by atoms with van der Waals surface area (Å²) in [4.78, 5) is 0. The van der Waals surface area contributed by atoms with Crippen molar-refractivity contribution >= 4 is 0 Å². The summed E-state index contributed by atoms with van der Waals surface area (Å²) in [7, 11) is 0. The molecule has 0 saturated carbocycles. The van der Waals surface area contributed by atoms with Crippen LogP contribution in [0.1, 0.15) is 18.9 Å². The lowest BCUT2D eigenvalue weighted by molar-refractivity contribution is 0.0538. The van der Waals surface area contributed by atoms with Gasteiger partial charge in [0.15, 0.2) is 0 Å². The van der Waals surface area contributed by atoms with Crippen LogP contribution in [0, 0.1) is 5.82 Å². The Morgan fingerprint density at radius 1 is 1.50 bits per heavy atom. The predicted octanol–water partition coefficient (Wildman–Crippen LogP) is 1.47. The number of aliphatic hydroxyl groups is 1. The molecule has 1 atom stereocenters. The lowest BCUT2D eigenvalue weighted by atomic mass is 9.93. The molecule has 2 nitrogen and oxygen atoms in total. The van der Waals surface area contributed by atoms with Gasteiger partial charge in [-0.05, 0) is 37.6 Å². The predicted molar refractivity (Wildman–Crippen MR) is 54.4 cm³/mol. The van der Waals surface area contributed by atoms with Crippen LogP contribution < -0.4 is 5.73 Å². The van der Waals surface area contributed by atoms with Crippen molar-refractivity contribution in [2.45, 2.75) is 25.4 Å². The SMILES string of the molecule is CC(O)(CCN)Cc1cccc(F)c1. The molecule has 0 fully saturated rings. The number of nitrogens with two attached hydrogens (primary N) is 1. The van der Waals surface area contributed by atoms with Crippen LogP contribution in [-0.2, 0) is 6.42 Å². The van der Waals surface area contributed by atoms with E-state index in [9.17, 15) is 9.50 Å². The summed E-state index contributed by atoms with van der Waals surface area (Å²) in [5.74, 6) is -0.272. The van der Waals surface area contributed by atoms with Crippen LogP contribution in [-0.4, -0.2) is 17.3 Å². The number of halogens is 1. The monoisotopic (exact) mass is 197 g/mol. The Morgan fingerprint density at radius 2 is 2.21 bits per heavy atom. The molecule has 0 spiro atoms. The van der Waals surface area contributed by atoms with E-state index in [4.69, 9.17) is 5.73 Å². The van der Waals surface area contributed by atoms with E-state index in [-0.39, 0.29) is 5.82 Å². The lowest BCUT2D eigenvalue weighted by Crippen LogP contribution is -2.30. The van der Waals surface area contributed by atoms with E-state index in [1.807, 2.05) is 0 Å². The number of benzene rings is 1. The number of hydrogen-bond donors (Lipinski definition) is 2. The normalized spacial score (nSPS) is 15.1. The van der Waals surface area contributed by atoms with Crippen LogP contribution >= 0.6 is 0 Å². The minimum Gasteiger partial charge on any atom is -0.390 e. The average molecular weight is 197 g/mol. The minimum absolute atomic E-state index is 0.272. The van der Waals surface area contributed by atoms with E-state index in [0.29, 0.717) is 19.4 Å². The van der Waals surface area contributed by atoms with E-state index in [2.05, 4.69) is 0 Å². The van der Waals surface area contributed by atoms with Crippen LogP contribution in [0.3, 0.4) is 0 Å². The van der Waals surface area contributed by atoms with E-state index < -0.39 is 5.60 Å². The first-order valence-corrected chi connectivity index (χ1v) is 4.70. The third-order valence-corrected chi connectivity index (χ3v) is 2.16. The molecule has 0 heterocycles. The van der Waals surface area contributed by atoms with Gasteiger partial charge >= 0.3 is 0 Å². The zero-order valence-corrected chi connectivity index (χ0v) is 8.33. The van der Waals surface area contributed by atoms with Crippen molar-refractivity contribution in [1.29, 1.82) is 0 Å². The summed E-state index contributed by atoms with van der Waals surface area (Å²) in [5, 5.41) is 9.86. The van der Waals surface area contributed by atoms with Crippen molar-refractivity contribution in [2.75, 3.05) is 6.54 Å². The highest BCUT2D eigenvalue weighted by atomic mass is 19.1. The first kappa shape index (κ1) is 11.1. The van der Waals surface area contributed by atoms with Gasteiger partial charge in [0.05, 0.1) is 5.60 Å². The van der Waals surface area contributed by atoms with Gasteiger partial charge in [-0.15, -0.1) is 0 Å². The van der Waals surface area contributed by atoms with Gasteiger partial charge in [0.2, 0.25) is 0 Å². The van der Waals surface area contributed by atoms with Crippen LogP contribution in [0.4, 0.5) is 4.39 Å². The summed E-state index contributed by atoms with van der Waals surface area (Å²) < 4.78 is 12.8. The lowest BCUT2D eigenvalue weighted by Gasteiger charge is -2.22. The maximum absolute atomic E-state index is 12.8. The third kappa shape index (κ3) is 3.44. The Bertz CT molecular complexity index is 299. The highest BCUT2D eigenvalue weighted by molar-refractivity contribution is 5.18. The molecule has 1 unspecified atom stereocenters. The van der Waals surface area contributed by atoms with Crippen LogP contribution in [0.25, 0.3) is 0 Å². The van der Waals surface area contributed by atoms with Gasteiger partial charge in [-0.2, -0.15) is 0 Å². The molecule has 0 aliphatic carbocycles. The summed E-state index contributed by atoms with van der Waals surface area (Å²) in [6.45, 7) is 2.15. The van der Waals surface area contributed by atoms with Gasteiger partial charge in [0, 0.05) is 6.42 Å². The van der Waals surface area contributed by atoms with Crippen molar-refractivity contribution < 1.29 is 9.50 Å². The van der Waals surface area contributed by atoms with Gasteiger partial charge in [-0.3, -0.25) is 0 Å². The van der Waals surface area contributed by atoms with Crippen molar-refractivity contribution in [3.05, 3.63) is 35.6 Å². The molecule has 0 aliphatic rings. The number of rotatable bonds is 4. The van der Waals surface area contributed by atoms with Crippen molar-refractivity contribution in [3.63, 3.8) is 0 Å². The topological polar surface area (TPSA) is 46.2 Å². The van der Waals surface area contributed by atoms with E-state index in [1.165, 1.54) is 12.1 Å². The molecule has 3 heteroatoms. The van der Waals surface area contributed by atoms with Gasteiger partial charge in [0.1, 0.15) is 5.82 Å². The first-order valence-electron chi connectivity index (χ1n) is 4.70. The second-order valence-electron chi connectivity index (χ2n) is 3.84. The highest BCUT2D eigenvalue weighted by Gasteiger charge is 2.19. The zero-order chi connectivity index (χ0) is 10.6. The Balaban J connectivity index is 2.68. The quantitative estimate of drug-likeness (QED) is 0.767. The standard InChI is InChI=1S/C11H16FNO/c1-11(14,5-6-13)8-9-3-2-4-10(12)7-9/h2-4,7,14H,5-6,8,13H2,1H3. The molecule has 1 rings (SSSR count). The second kappa shape index (κ2) is 4.53. The average Bonchev–Trinajstić information content (AvgIpc) is 2.02. The van der Waals surface area contributed by atoms with Gasteiger partial charge in [0.25, 0.3) is 0 Å². The van der Waals surface area contributed by atoms with Crippen molar-refractivity contribution in [1.82, 2.24) is 0 Å². The molecule has 1 aromatic carbocycles. The molecular formula is C11H16FNO. The smallest absolute Gasteiger partial charge is 0.123 e. The summed E-state index contributed by atoms with van der Waals surface area (Å²) in [6, 6.07) is 6.27. The van der Waals surface area contributed by atoms with Crippen LogP contribution in [0.5, 0.6) is 0 Å². The molecule has 0 aromatic heterocycles. The summed E-state index contributed by atoms with van der Waals surface area (Å²) in [6.07, 6.45) is 0.950. The zero-order valence-electron chi connectivity index (χ0n) is 8.33. The van der Waals surface area contributed by atoms with E-state index in [1.54, 1.807) is 19.1 Å². The van der Waals surface area contributed by atoms with Crippen molar-refractivity contribution in [3.8, 4) is 0 Å². The molecule has 0 aliphatic heterocycles. The minimum atomic E-state index is -0.845. The maximum Gasteiger partial charge on any atom is 0.123 e. The Kier molecular flexibility index (Phi) is 3.61. The molecule has 0 saturated heterocycles. The molecule has 3 N–H and O–H groups in total. The molecular weight excluding hydrogens is 181 g/mol. The molecule has 78 valence electrons. The van der Waals surface area contributed by atoms with Crippen molar-refractivity contribution in [2.24, 2.45) is 5.73 Å². The molecule has 14 heavy (non-hydrogen) atoms. The highest BCUT2D eigenvalue weighted by Crippen LogP contribution is 2.16. The Hall–Kier alpha value is -0.930. The Labute approximate surface area is 83.6 Å². The molecule has 0 bridgehead atoms. The van der Waals surface area contributed by atoms with E-state index >= 15 is 0 Å². The summed E-state index contributed by atoms with van der Waals surface area (Å²) in [5.41, 5.74) is 5.31. The first-order chi connectivity index (χ1) is 6.53. The fourth-order valence-corrected chi connectivity index (χ4v) is 1.49. The molecule has 1 aromatic rings. The fraction of sp³-hybridized carbons (Fsp3) is 0.455. The third-order valence-electron chi connectivity index (χ3n) is 2.16. The van der Waals surface area contributed by atoms with E-state index in [0.717, 1.165) is 5.56 Å². The molecule has 0 radical (unpaired) electrons.